The second kappa shape index (κ2) is 10.2. The van der Waals surface area contributed by atoms with E-state index in [-0.39, 0.29) is 5.97 Å². The first-order chi connectivity index (χ1) is 10.7. The van der Waals surface area contributed by atoms with Crippen molar-refractivity contribution in [1.29, 1.82) is 0 Å². The number of carbonyl (C=O) groups excluding carboxylic acids is 1. The van der Waals surface area contributed by atoms with E-state index in [1.165, 1.54) is 12.5 Å². The average Bonchev–Trinajstić information content (AvgIpc) is 2.55. The molecule has 3 nitrogen and oxygen atoms in total. The van der Waals surface area contributed by atoms with Crippen LogP contribution in [0.2, 0.25) is 0 Å². The van der Waals surface area contributed by atoms with Crippen LogP contribution in [-0.4, -0.2) is 13.1 Å². The van der Waals surface area contributed by atoms with E-state index in [9.17, 15) is 4.79 Å². The van der Waals surface area contributed by atoms with Crippen molar-refractivity contribution < 1.29 is 14.3 Å². The zero-order valence-electron chi connectivity index (χ0n) is 13.3. The predicted octanol–water partition coefficient (Wildman–Crippen LogP) is 4.48. The van der Waals surface area contributed by atoms with Crippen molar-refractivity contribution >= 4 is 12.0 Å². The molecule has 3 heteroatoms. The van der Waals surface area contributed by atoms with Crippen molar-refractivity contribution in [1.82, 2.24) is 0 Å². The van der Waals surface area contributed by atoms with Gasteiger partial charge < -0.3 is 9.47 Å². The van der Waals surface area contributed by atoms with Crippen LogP contribution >= 0.6 is 0 Å². The Balaban J connectivity index is 0.000000220. The van der Waals surface area contributed by atoms with E-state index in [0.29, 0.717) is 6.61 Å². The van der Waals surface area contributed by atoms with Gasteiger partial charge in [0.25, 0.3) is 0 Å². The highest BCUT2D eigenvalue weighted by Crippen LogP contribution is 2.11. The van der Waals surface area contributed by atoms with E-state index in [1.54, 1.807) is 7.11 Å². The van der Waals surface area contributed by atoms with Crippen molar-refractivity contribution in [3.8, 4) is 5.75 Å². The zero-order chi connectivity index (χ0) is 16.2. The summed E-state index contributed by atoms with van der Waals surface area (Å²) < 4.78 is 9.81. The smallest absolute Gasteiger partial charge is 0.302 e. The van der Waals surface area contributed by atoms with Crippen molar-refractivity contribution in [3.63, 3.8) is 0 Å². The Labute approximate surface area is 132 Å². The Hall–Kier alpha value is -2.55. The fourth-order valence-electron chi connectivity index (χ4n) is 1.67. The molecule has 0 aromatic heterocycles. The third kappa shape index (κ3) is 7.29. The standard InChI is InChI=1S/C10H12O.C9H10O2/c1-3-4-9-5-7-10(11-2)8-6-9;1-8(10)11-7-9-5-3-2-4-6-9/h3-8H,1-2H3;2-6H,7H2,1H3. The topological polar surface area (TPSA) is 35.5 Å². The van der Waals surface area contributed by atoms with Crippen LogP contribution in [0, 0.1) is 0 Å². The number of hydrogen-bond acceptors (Lipinski definition) is 3. The van der Waals surface area contributed by atoms with E-state index >= 15 is 0 Å². The molecule has 0 atom stereocenters. The molecule has 0 fully saturated rings. The first kappa shape index (κ1) is 17.5. The highest BCUT2D eigenvalue weighted by Gasteiger charge is 1.93. The molecule has 22 heavy (non-hydrogen) atoms. The van der Waals surface area contributed by atoms with Gasteiger partial charge in [0.15, 0.2) is 0 Å². The molecule has 0 amide bonds. The Kier molecular flexibility index (Phi) is 8.13. The van der Waals surface area contributed by atoms with Gasteiger partial charge >= 0.3 is 5.97 Å². The number of allylic oxidation sites excluding steroid dienone is 1. The third-order valence-electron chi connectivity index (χ3n) is 2.76. The minimum Gasteiger partial charge on any atom is -0.497 e. The van der Waals surface area contributed by atoms with Gasteiger partial charge in [0.2, 0.25) is 0 Å². The summed E-state index contributed by atoms with van der Waals surface area (Å²) in [5, 5.41) is 0. The summed E-state index contributed by atoms with van der Waals surface area (Å²) in [6.07, 6.45) is 4.07. The number of rotatable bonds is 4. The van der Waals surface area contributed by atoms with Crippen molar-refractivity contribution in [2.45, 2.75) is 20.5 Å². The van der Waals surface area contributed by atoms with Crippen LogP contribution in [0.5, 0.6) is 5.75 Å². The van der Waals surface area contributed by atoms with Crippen molar-refractivity contribution in [3.05, 3.63) is 71.8 Å². The fourth-order valence-corrected chi connectivity index (χ4v) is 1.67. The number of hydrogen-bond donors (Lipinski definition) is 0. The Bertz CT molecular complexity index is 571. The molecule has 0 unspecified atom stereocenters. The maximum Gasteiger partial charge on any atom is 0.302 e. The van der Waals surface area contributed by atoms with Crippen molar-refractivity contribution in [2.24, 2.45) is 0 Å². The Morgan fingerprint density at radius 3 is 2.18 bits per heavy atom. The minimum absolute atomic E-state index is 0.242. The zero-order valence-corrected chi connectivity index (χ0v) is 13.3. The van der Waals surface area contributed by atoms with Gasteiger partial charge in [0, 0.05) is 6.92 Å². The second-order valence-corrected chi connectivity index (χ2v) is 4.54. The molecule has 0 saturated carbocycles. The number of benzene rings is 2. The van der Waals surface area contributed by atoms with E-state index < -0.39 is 0 Å². The van der Waals surface area contributed by atoms with Gasteiger partial charge in [-0.05, 0) is 30.2 Å². The summed E-state index contributed by atoms with van der Waals surface area (Å²) in [6, 6.07) is 17.6. The Morgan fingerprint density at radius 1 is 1.05 bits per heavy atom. The van der Waals surface area contributed by atoms with Gasteiger partial charge in [0.1, 0.15) is 12.4 Å². The molecule has 0 aliphatic heterocycles. The highest BCUT2D eigenvalue weighted by atomic mass is 16.5. The van der Waals surface area contributed by atoms with Crippen LogP contribution in [0.3, 0.4) is 0 Å². The summed E-state index contributed by atoms with van der Waals surface area (Å²) in [5.41, 5.74) is 2.22. The van der Waals surface area contributed by atoms with E-state index in [1.807, 2.05) is 67.6 Å². The SMILES string of the molecule is CC(=O)OCc1ccccc1.CC=Cc1ccc(OC)cc1. The molecule has 2 rings (SSSR count). The third-order valence-corrected chi connectivity index (χ3v) is 2.76. The van der Waals surface area contributed by atoms with Gasteiger partial charge in [-0.25, -0.2) is 0 Å². The molecule has 0 aliphatic rings. The minimum atomic E-state index is -0.242. The van der Waals surface area contributed by atoms with Crippen LogP contribution in [0.4, 0.5) is 0 Å². The number of esters is 1. The number of methoxy groups -OCH3 is 1. The van der Waals surface area contributed by atoms with Gasteiger partial charge in [0.05, 0.1) is 7.11 Å². The maximum atomic E-state index is 10.4. The van der Waals surface area contributed by atoms with E-state index in [0.717, 1.165) is 11.3 Å². The van der Waals surface area contributed by atoms with Gasteiger partial charge in [-0.1, -0.05) is 54.6 Å². The Morgan fingerprint density at radius 2 is 1.68 bits per heavy atom. The molecule has 2 aromatic carbocycles. The van der Waals surface area contributed by atoms with Crippen LogP contribution in [0.15, 0.2) is 60.7 Å². The predicted molar refractivity (Wildman–Crippen MR) is 89.6 cm³/mol. The first-order valence-corrected chi connectivity index (χ1v) is 7.09. The molecule has 0 bridgehead atoms. The highest BCUT2D eigenvalue weighted by molar-refractivity contribution is 5.65. The molecule has 0 heterocycles. The van der Waals surface area contributed by atoms with Crippen LogP contribution in [0.1, 0.15) is 25.0 Å². The largest absolute Gasteiger partial charge is 0.497 e. The second-order valence-electron chi connectivity index (χ2n) is 4.54. The molecule has 0 aliphatic carbocycles. The molecular formula is C19H22O3. The lowest BCUT2D eigenvalue weighted by molar-refractivity contribution is -0.142. The quantitative estimate of drug-likeness (QED) is 0.781. The van der Waals surface area contributed by atoms with Gasteiger partial charge in [-0.2, -0.15) is 0 Å². The number of carbonyl (C=O) groups is 1. The molecule has 0 radical (unpaired) electrons. The maximum absolute atomic E-state index is 10.4. The molecule has 2 aromatic rings. The monoisotopic (exact) mass is 298 g/mol. The number of ether oxygens (including phenoxy) is 2. The van der Waals surface area contributed by atoms with Crippen LogP contribution < -0.4 is 4.74 Å². The normalized spacial score (nSPS) is 9.77. The van der Waals surface area contributed by atoms with E-state index in [2.05, 4.69) is 6.08 Å². The molecule has 0 N–H and O–H groups in total. The summed E-state index contributed by atoms with van der Waals surface area (Å²) in [7, 11) is 1.67. The van der Waals surface area contributed by atoms with E-state index in [4.69, 9.17) is 9.47 Å². The van der Waals surface area contributed by atoms with Crippen LogP contribution in [0.25, 0.3) is 6.08 Å². The summed E-state index contributed by atoms with van der Waals surface area (Å²) in [6.45, 7) is 3.78. The first-order valence-electron chi connectivity index (χ1n) is 7.09. The average molecular weight is 298 g/mol. The lowest BCUT2D eigenvalue weighted by atomic mass is 10.2. The fraction of sp³-hybridized carbons (Fsp3) is 0.211. The lowest BCUT2D eigenvalue weighted by Gasteiger charge is -1.99. The summed E-state index contributed by atoms with van der Waals surface area (Å²) >= 11 is 0. The van der Waals surface area contributed by atoms with Gasteiger partial charge in [-0.3, -0.25) is 4.79 Å². The molecule has 0 spiro atoms. The molecule has 116 valence electrons. The summed E-state index contributed by atoms with van der Waals surface area (Å²) in [4.78, 5) is 10.4. The lowest BCUT2D eigenvalue weighted by Crippen LogP contribution is -1.97. The van der Waals surface area contributed by atoms with Crippen molar-refractivity contribution in [2.75, 3.05) is 7.11 Å². The summed E-state index contributed by atoms with van der Waals surface area (Å²) in [5.74, 6) is 0.659. The molecular weight excluding hydrogens is 276 g/mol. The van der Waals surface area contributed by atoms with Crippen LogP contribution in [-0.2, 0) is 16.1 Å². The molecule has 0 saturated heterocycles. The van der Waals surface area contributed by atoms with Gasteiger partial charge in [-0.15, -0.1) is 0 Å².